The summed E-state index contributed by atoms with van der Waals surface area (Å²) in [5, 5.41) is 24.6. The average molecular weight is 386 g/mol. The van der Waals surface area contributed by atoms with E-state index in [1.54, 1.807) is 24.3 Å². The number of halogens is 1. The van der Waals surface area contributed by atoms with Crippen molar-refractivity contribution in [3.63, 3.8) is 0 Å². The van der Waals surface area contributed by atoms with Gasteiger partial charge in [0.1, 0.15) is 17.3 Å². The molecule has 136 valence electrons. The Morgan fingerprint density at radius 2 is 2.00 bits per heavy atom. The number of nitrogens with zero attached hydrogens (tertiary/aromatic N) is 2. The topological polar surface area (TPSA) is 118 Å². The van der Waals surface area contributed by atoms with Crippen LogP contribution in [0.15, 0.2) is 64.1 Å². The minimum absolute atomic E-state index is 0.0816. The molecule has 0 aliphatic carbocycles. The number of carbonyl (C=O) groups excluding carboxylic acids is 1. The highest BCUT2D eigenvalue weighted by atomic mass is 35.5. The van der Waals surface area contributed by atoms with E-state index in [1.165, 1.54) is 36.5 Å². The van der Waals surface area contributed by atoms with Crippen LogP contribution in [0.2, 0.25) is 5.02 Å². The Labute approximate surface area is 157 Å². The molecule has 0 saturated carbocycles. The molecule has 3 aromatic rings. The fourth-order valence-corrected chi connectivity index (χ4v) is 2.47. The summed E-state index contributed by atoms with van der Waals surface area (Å²) >= 11 is 6.08. The van der Waals surface area contributed by atoms with E-state index in [4.69, 9.17) is 16.0 Å². The quantitative estimate of drug-likeness (QED) is 0.391. The molecule has 27 heavy (non-hydrogen) atoms. The van der Waals surface area contributed by atoms with Crippen molar-refractivity contribution < 1.29 is 19.2 Å². The molecule has 0 bridgehead atoms. The molecule has 9 heteroatoms. The van der Waals surface area contributed by atoms with Gasteiger partial charge >= 0.3 is 0 Å². The summed E-state index contributed by atoms with van der Waals surface area (Å²) in [5.41, 5.74) is 2.60. The predicted octanol–water partition coefficient (Wildman–Crippen LogP) is 3.98. The minimum Gasteiger partial charge on any atom is -0.507 e. The maximum Gasteiger partial charge on any atom is 0.275 e. The van der Waals surface area contributed by atoms with Crippen LogP contribution < -0.4 is 5.43 Å². The van der Waals surface area contributed by atoms with Crippen LogP contribution in [0.1, 0.15) is 16.1 Å². The van der Waals surface area contributed by atoms with Gasteiger partial charge in [-0.2, -0.15) is 5.10 Å². The number of phenolic OH excluding ortho intramolecular Hbond substituents is 1. The molecule has 1 aromatic heterocycles. The van der Waals surface area contributed by atoms with Gasteiger partial charge < -0.3 is 9.52 Å². The lowest BCUT2D eigenvalue weighted by atomic mass is 10.1. The number of hydrogen-bond donors (Lipinski definition) is 2. The van der Waals surface area contributed by atoms with Crippen molar-refractivity contribution in [3.05, 3.63) is 81.1 Å². The van der Waals surface area contributed by atoms with Crippen LogP contribution in [0.3, 0.4) is 0 Å². The summed E-state index contributed by atoms with van der Waals surface area (Å²) in [6.07, 6.45) is 1.26. The third kappa shape index (κ3) is 4.13. The fourth-order valence-electron chi connectivity index (χ4n) is 2.26. The fraction of sp³-hybridized carbons (Fsp3) is 0. The second-order valence-electron chi connectivity index (χ2n) is 5.34. The van der Waals surface area contributed by atoms with Gasteiger partial charge in [0.2, 0.25) is 0 Å². The van der Waals surface area contributed by atoms with E-state index in [9.17, 15) is 20.0 Å². The number of benzene rings is 2. The molecule has 0 unspecified atom stereocenters. The first-order chi connectivity index (χ1) is 13.0. The molecule has 2 N–H and O–H groups in total. The molecular weight excluding hydrogens is 374 g/mol. The molecule has 0 radical (unpaired) electrons. The van der Waals surface area contributed by atoms with Crippen molar-refractivity contribution in [2.75, 3.05) is 0 Å². The van der Waals surface area contributed by atoms with Crippen molar-refractivity contribution in [1.29, 1.82) is 0 Å². The molecule has 8 nitrogen and oxygen atoms in total. The number of rotatable bonds is 5. The van der Waals surface area contributed by atoms with Crippen LogP contribution in [-0.2, 0) is 0 Å². The number of non-ortho nitro benzene ring substituents is 1. The molecule has 0 aliphatic heterocycles. The van der Waals surface area contributed by atoms with Crippen LogP contribution in [0.25, 0.3) is 11.3 Å². The summed E-state index contributed by atoms with van der Waals surface area (Å²) in [4.78, 5) is 22.3. The Balaban J connectivity index is 1.74. The number of hydrazone groups is 1. The SMILES string of the molecule is O=C(N/N=C/c1ccc(-c2cc([N+](=O)[O-])ccc2Cl)o1)c1ccccc1O. The van der Waals surface area contributed by atoms with E-state index >= 15 is 0 Å². The number of nitro benzene ring substituents is 1. The lowest BCUT2D eigenvalue weighted by Crippen LogP contribution is -2.17. The molecule has 0 atom stereocenters. The van der Waals surface area contributed by atoms with E-state index in [0.29, 0.717) is 22.1 Å². The number of carbonyl (C=O) groups is 1. The summed E-state index contributed by atoms with van der Waals surface area (Å²) in [6, 6.07) is 13.2. The third-order valence-electron chi connectivity index (χ3n) is 3.56. The lowest BCUT2D eigenvalue weighted by Gasteiger charge is -2.01. The van der Waals surface area contributed by atoms with Crippen LogP contribution in [0, 0.1) is 10.1 Å². The maximum absolute atomic E-state index is 11.9. The van der Waals surface area contributed by atoms with Crippen molar-refractivity contribution in [1.82, 2.24) is 5.43 Å². The Bertz CT molecular complexity index is 1040. The van der Waals surface area contributed by atoms with Gasteiger partial charge in [-0.3, -0.25) is 14.9 Å². The number of furan rings is 1. The van der Waals surface area contributed by atoms with Gasteiger partial charge in [-0.05, 0) is 30.3 Å². The minimum atomic E-state index is -0.585. The Morgan fingerprint density at radius 1 is 1.22 bits per heavy atom. The number of phenols is 1. The molecule has 1 heterocycles. The first-order valence-electron chi connectivity index (χ1n) is 7.61. The Morgan fingerprint density at radius 3 is 2.74 bits per heavy atom. The van der Waals surface area contributed by atoms with Crippen molar-refractivity contribution in [3.8, 4) is 17.1 Å². The molecule has 0 aliphatic rings. The molecule has 0 spiro atoms. The predicted molar refractivity (Wildman–Crippen MR) is 99.0 cm³/mol. The largest absolute Gasteiger partial charge is 0.507 e. The zero-order chi connectivity index (χ0) is 19.4. The summed E-state index contributed by atoms with van der Waals surface area (Å²) in [5.74, 6) is -0.133. The normalized spacial score (nSPS) is 10.9. The zero-order valence-corrected chi connectivity index (χ0v) is 14.4. The van der Waals surface area contributed by atoms with Gasteiger partial charge in [-0.25, -0.2) is 5.43 Å². The number of aromatic hydroxyl groups is 1. The lowest BCUT2D eigenvalue weighted by molar-refractivity contribution is -0.384. The summed E-state index contributed by atoms with van der Waals surface area (Å²) in [7, 11) is 0. The first kappa shape index (κ1) is 18.2. The van der Waals surface area contributed by atoms with Gasteiger partial charge in [0.25, 0.3) is 11.6 Å². The van der Waals surface area contributed by atoms with Crippen LogP contribution >= 0.6 is 11.6 Å². The summed E-state index contributed by atoms with van der Waals surface area (Å²) < 4.78 is 5.54. The first-order valence-corrected chi connectivity index (χ1v) is 7.99. The van der Waals surface area contributed by atoms with Crippen molar-refractivity contribution >= 4 is 29.4 Å². The Kier molecular flexibility index (Phi) is 5.18. The van der Waals surface area contributed by atoms with Crippen molar-refractivity contribution in [2.24, 2.45) is 5.10 Å². The molecule has 1 amide bonds. The maximum atomic E-state index is 11.9. The molecule has 0 fully saturated rings. The second kappa shape index (κ2) is 7.71. The zero-order valence-electron chi connectivity index (χ0n) is 13.6. The molecular formula is C18H12ClN3O5. The molecule has 0 saturated heterocycles. The highest BCUT2D eigenvalue weighted by Crippen LogP contribution is 2.32. The number of hydrogen-bond acceptors (Lipinski definition) is 6. The molecule has 2 aromatic carbocycles. The van der Waals surface area contributed by atoms with Crippen molar-refractivity contribution in [2.45, 2.75) is 0 Å². The van der Waals surface area contributed by atoms with Crippen LogP contribution in [0.5, 0.6) is 5.75 Å². The number of nitrogens with one attached hydrogen (secondary N) is 1. The van der Waals surface area contributed by atoms with E-state index in [1.807, 2.05) is 0 Å². The van der Waals surface area contributed by atoms with Gasteiger partial charge in [0.15, 0.2) is 0 Å². The summed E-state index contributed by atoms with van der Waals surface area (Å²) in [6.45, 7) is 0. The number of para-hydroxylation sites is 1. The standard InChI is InChI=1S/C18H12ClN3O5/c19-15-7-5-11(22(25)26)9-14(15)17-8-6-12(27-17)10-20-21-18(24)13-3-1-2-4-16(13)23/h1-10,23H,(H,21,24)/b20-10+. The molecule has 3 rings (SSSR count). The van der Waals surface area contributed by atoms with Gasteiger partial charge in [-0.15, -0.1) is 0 Å². The Hall–Kier alpha value is -3.65. The second-order valence-corrected chi connectivity index (χ2v) is 5.75. The van der Waals surface area contributed by atoms with Gasteiger partial charge in [-0.1, -0.05) is 23.7 Å². The third-order valence-corrected chi connectivity index (χ3v) is 3.89. The van der Waals surface area contributed by atoms with E-state index in [2.05, 4.69) is 10.5 Å². The monoisotopic (exact) mass is 385 g/mol. The van der Waals surface area contributed by atoms with E-state index in [-0.39, 0.29) is 17.0 Å². The van der Waals surface area contributed by atoms with Gasteiger partial charge in [0.05, 0.1) is 21.7 Å². The highest BCUT2D eigenvalue weighted by Gasteiger charge is 2.14. The number of nitro groups is 1. The average Bonchev–Trinajstić information content (AvgIpc) is 3.10. The van der Waals surface area contributed by atoms with E-state index in [0.717, 1.165) is 0 Å². The van der Waals surface area contributed by atoms with E-state index < -0.39 is 10.8 Å². The van der Waals surface area contributed by atoms with Crippen LogP contribution in [0.4, 0.5) is 5.69 Å². The van der Waals surface area contributed by atoms with Gasteiger partial charge in [0, 0.05) is 17.7 Å². The number of amides is 1. The highest BCUT2D eigenvalue weighted by molar-refractivity contribution is 6.33. The smallest absolute Gasteiger partial charge is 0.275 e. The van der Waals surface area contributed by atoms with Crippen LogP contribution in [-0.4, -0.2) is 22.2 Å².